The number of aromatic nitrogens is 3. The Morgan fingerprint density at radius 1 is 1.29 bits per heavy atom. The van der Waals surface area contributed by atoms with Crippen LogP contribution in [0.15, 0.2) is 35.0 Å². The van der Waals surface area contributed by atoms with E-state index in [0.29, 0.717) is 11.7 Å². The highest BCUT2D eigenvalue weighted by atomic mass is 35.5. The lowest BCUT2D eigenvalue weighted by Gasteiger charge is -2.07. The van der Waals surface area contributed by atoms with Crippen molar-refractivity contribution >= 4 is 17.3 Å². The highest BCUT2D eigenvalue weighted by molar-refractivity contribution is 6.30. The zero-order valence-electron chi connectivity index (χ0n) is 11.8. The summed E-state index contributed by atoms with van der Waals surface area (Å²) in [4.78, 5) is 4.12. The van der Waals surface area contributed by atoms with Crippen LogP contribution in [0.3, 0.4) is 0 Å². The van der Waals surface area contributed by atoms with Crippen molar-refractivity contribution in [1.29, 1.82) is 0 Å². The molecule has 0 atom stereocenters. The number of pyridine rings is 1. The summed E-state index contributed by atoms with van der Waals surface area (Å²) in [5.74, 6) is 1.66. The topological polar surface area (TPSA) is 66.7 Å². The number of hydrogen-bond donors (Lipinski definition) is 2. The molecule has 0 aromatic carbocycles. The van der Waals surface area contributed by atoms with Gasteiger partial charge in [0, 0.05) is 12.1 Å². The first-order valence-electron chi connectivity index (χ1n) is 6.58. The number of halogens is 1. The third kappa shape index (κ3) is 2.92. The first-order valence-corrected chi connectivity index (χ1v) is 6.96. The fraction of sp³-hybridized carbons (Fsp3) is 0.200. The molecule has 0 aliphatic heterocycles. The van der Waals surface area contributed by atoms with Gasteiger partial charge in [-0.3, -0.25) is 5.10 Å². The van der Waals surface area contributed by atoms with Gasteiger partial charge < -0.3 is 9.73 Å². The summed E-state index contributed by atoms with van der Waals surface area (Å²) in [5, 5.41) is 10.9. The van der Waals surface area contributed by atoms with E-state index in [-0.39, 0.29) is 0 Å². The highest BCUT2D eigenvalue weighted by Crippen LogP contribution is 2.24. The Balaban J connectivity index is 1.77. The van der Waals surface area contributed by atoms with Crippen molar-refractivity contribution in [2.24, 2.45) is 0 Å². The van der Waals surface area contributed by atoms with Crippen LogP contribution in [0.25, 0.3) is 11.5 Å². The molecule has 0 aliphatic rings. The van der Waals surface area contributed by atoms with E-state index < -0.39 is 0 Å². The molecule has 0 spiro atoms. The summed E-state index contributed by atoms with van der Waals surface area (Å²) in [5.41, 5.74) is 3.77. The third-order valence-corrected chi connectivity index (χ3v) is 3.60. The zero-order valence-corrected chi connectivity index (χ0v) is 12.5. The Kier molecular flexibility index (Phi) is 3.66. The van der Waals surface area contributed by atoms with E-state index in [1.54, 1.807) is 12.4 Å². The standard InChI is InChI=1S/C15H15ClN4O/c1-9-5-12(8-18-15(9)16)17-6-11-7-19-20-14(11)13-4-3-10(2)21-13/h3-5,7-8,17H,6H2,1-2H3,(H,19,20). The van der Waals surface area contributed by atoms with Crippen LogP contribution in [-0.2, 0) is 6.54 Å². The molecule has 2 N–H and O–H groups in total. The molecule has 3 rings (SSSR count). The molecule has 0 saturated carbocycles. The minimum Gasteiger partial charge on any atom is -0.460 e. The SMILES string of the molecule is Cc1ccc(-c2[nH]ncc2CNc2cnc(Cl)c(C)c2)o1. The van der Waals surface area contributed by atoms with Crippen molar-refractivity contribution in [2.75, 3.05) is 5.32 Å². The predicted molar refractivity (Wildman–Crippen MR) is 82.3 cm³/mol. The molecule has 3 aromatic heterocycles. The molecule has 3 aromatic rings. The first-order chi connectivity index (χ1) is 10.1. The molecule has 0 radical (unpaired) electrons. The molecule has 0 aliphatic carbocycles. The Labute approximate surface area is 127 Å². The number of aromatic amines is 1. The quantitative estimate of drug-likeness (QED) is 0.716. The van der Waals surface area contributed by atoms with Crippen LogP contribution in [0.1, 0.15) is 16.9 Å². The average Bonchev–Trinajstić information content (AvgIpc) is 3.08. The lowest BCUT2D eigenvalue weighted by Crippen LogP contribution is -2.00. The van der Waals surface area contributed by atoms with Gasteiger partial charge in [0.25, 0.3) is 0 Å². The number of nitrogens with zero attached hydrogens (tertiary/aromatic N) is 2. The lowest BCUT2D eigenvalue weighted by molar-refractivity contribution is 0.545. The highest BCUT2D eigenvalue weighted by Gasteiger charge is 2.11. The summed E-state index contributed by atoms with van der Waals surface area (Å²) in [6.07, 6.45) is 3.50. The minimum absolute atomic E-state index is 0.524. The van der Waals surface area contributed by atoms with Gasteiger partial charge in [0.15, 0.2) is 5.76 Å². The molecule has 21 heavy (non-hydrogen) atoms. The number of hydrogen-bond acceptors (Lipinski definition) is 4. The normalized spacial score (nSPS) is 10.8. The zero-order chi connectivity index (χ0) is 14.8. The molecule has 0 saturated heterocycles. The van der Waals surface area contributed by atoms with E-state index in [9.17, 15) is 0 Å². The molecule has 6 heteroatoms. The Bertz CT molecular complexity index is 763. The fourth-order valence-electron chi connectivity index (χ4n) is 2.08. The second kappa shape index (κ2) is 5.61. The van der Waals surface area contributed by atoms with Gasteiger partial charge in [-0.1, -0.05) is 11.6 Å². The summed E-state index contributed by atoms with van der Waals surface area (Å²) >= 11 is 5.92. The van der Waals surface area contributed by atoms with Gasteiger partial charge in [-0.15, -0.1) is 0 Å². The Hall–Kier alpha value is -2.27. The van der Waals surface area contributed by atoms with Crippen LogP contribution in [0.4, 0.5) is 5.69 Å². The van der Waals surface area contributed by atoms with Crippen molar-refractivity contribution in [2.45, 2.75) is 20.4 Å². The van der Waals surface area contributed by atoms with Crippen LogP contribution < -0.4 is 5.32 Å². The summed E-state index contributed by atoms with van der Waals surface area (Å²) in [7, 11) is 0. The maximum atomic E-state index is 5.92. The van der Waals surface area contributed by atoms with Crippen LogP contribution in [0, 0.1) is 13.8 Å². The van der Waals surface area contributed by atoms with Crippen molar-refractivity contribution < 1.29 is 4.42 Å². The van der Waals surface area contributed by atoms with E-state index in [4.69, 9.17) is 16.0 Å². The molecular weight excluding hydrogens is 288 g/mol. The van der Waals surface area contributed by atoms with E-state index in [1.165, 1.54) is 0 Å². The van der Waals surface area contributed by atoms with Gasteiger partial charge in [0.1, 0.15) is 16.6 Å². The molecule has 0 amide bonds. The Morgan fingerprint density at radius 3 is 2.86 bits per heavy atom. The van der Waals surface area contributed by atoms with Gasteiger partial charge in [-0.2, -0.15) is 5.10 Å². The molecule has 3 heterocycles. The number of H-pyrrole nitrogens is 1. The van der Waals surface area contributed by atoms with Crippen LogP contribution in [0.2, 0.25) is 5.15 Å². The smallest absolute Gasteiger partial charge is 0.152 e. The second-order valence-electron chi connectivity index (χ2n) is 4.87. The number of rotatable bonds is 4. The molecule has 108 valence electrons. The molecule has 5 nitrogen and oxygen atoms in total. The number of aryl methyl sites for hydroxylation is 2. The molecule has 0 unspecified atom stereocenters. The van der Waals surface area contributed by atoms with E-state index in [1.807, 2.05) is 32.0 Å². The fourth-order valence-corrected chi connectivity index (χ4v) is 2.18. The third-order valence-electron chi connectivity index (χ3n) is 3.20. The lowest BCUT2D eigenvalue weighted by atomic mass is 10.2. The van der Waals surface area contributed by atoms with E-state index in [2.05, 4.69) is 20.5 Å². The summed E-state index contributed by atoms with van der Waals surface area (Å²) in [6.45, 7) is 4.46. The largest absolute Gasteiger partial charge is 0.460 e. The molecular formula is C15H15ClN4O. The first kappa shape index (κ1) is 13.7. The van der Waals surface area contributed by atoms with Crippen molar-refractivity contribution in [3.8, 4) is 11.5 Å². The van der Waals surface area contributed by atoms with Gasteiger partial charge in [0.05, 0.1) is 18.1 Å². The van der Waals surface area contributed by atoms with E-state index >= 15 is 0 Å². The van der Waals surface area contributed by atoms with Crippen LogP contribution in [-0.4, -0.2) is 15.2 Å². The number of anilines is 1. The van der Waals surface area contributed by atoms with Gasteiger partial charge in [-0.05, 0) is 37.6 Å². The molecule has 0 bridgehead atoms. The van der Waals surface area contributed by atoms with Crippen molar-refractivity contribution in [3.63, 3.8) is 0 Å². The van der Waals surface area contributed by atoms with Gasteiger partial charge in [-0.25, -0.2) is 4.98 Å². The minimum atomic E-state index is 0.524. The van der Waals surface area contributed by atoms with Crippen LogP contribution in [0.5, 0.6) is 0 Å². The maximum Gasteiger partial charge on any atom is 0.152 e. The van der Waals surface area contributed by atoms with Crippen molar-refractivity contribution in [1.82, 2.24) is 15.2 Å². The number of nitrogens with one attached hydrogen (secondary N) is 2. The molecule has 0 fully saturated rings. The van der Waals surface area contributed by atoms with E-state index in [0.717, 1.165) is 34.0 Å². The van der Waals surface area contributed by atoms with Gasteiger partial charge in [0.2, 0.25) is 0 Å². The van der Waals surface area contributed by atoms with Gasteiger partial charge >= 0.3 is 0 Å². The average molecular weight is 303 g/mol. The predicted octanol–water partition coefficient (Wildman–Crippen LogP) is 3.95. The van der Waals surface area contributed by atoms with Crippen LogP contribution >= 0.6 is 11.6 Å². The maximum absolute atomic E-state index is 5.92. The monoisotopic (exact) mass is 302 g/mol. The summed E-state index contributed by atoms with van der Waals surface area (Å²) < 4.78 is 5.63. The second-order valence-corrected chi connectivity index (χ2v) is 5.22. The number of furan rings is 1. The Morgan fingerprint density at radius 2 is 2.14 bits per heavy atom. The summed E-state index contributed by atoms with van der Waals surface area (Å²) in [6, 6.07) is 5.83. The van der Waals surface area contributed by atoms with Crippen molar-refractivity contribution in [3.05, 3.63) is 52.6 Å².